The zero-order valence-electron chi connectivity index (χ0n) is 14.1. The Labute approximate surface area is 169 Å². The smallest absolute Gasteiger partial charge is 0.222 e. The molecule has 140 valence electrons. The molecular weight excluding hydrogens is 395 g/mol. The van der Waals surface area contributed by atoms with Crippen molar-refractivity contribution >= 4 is 41.5 Å². The molecule has 0 saturated carbocycles. The molecule has 2 aromatic rings. The molecule has 2 atom stereocenters. The highest BCUT2D eigenvalue weighted by atomic mass is 35.5. The van der Waals surface area contributed by atoms with Crippen molar-refractivity contribution in [3.8, 4) is 0 Å². The molecule has 1 amide bonds. The lowest BCUT2D eigenvalue weighted by molar-refractivity contribution is -0.122. The zero-order valence-corrected chi connectivity index (χ0v) is 16.4. The normalized spacial score (nSPS) is 17.8. The second-order valence-electron chi connectivity index (χ2n) is 6.00. The summed E-state index contributed by atoms with van der Waals surface area (Å²) in [6.45, 7) is 2.00. The van der Waals surface area contributed by atoms with Crippen LogP contribution in [0.1, 0.15) is 23.6 Å². The maximum Gasteiger partial charge on any atom is 0.222 e. The minimum Gasteiger partial charge on any atom is -0.378 e. The molecule has 1 saturated heterocycles. The van der Waals surface area contributed by atoms with Gasteiger partial charge in [0.15, 0.2) is 0 Å². The van der Waals surface area contributed by atoms with E-state index in [2.05, 4.69) is 10.6 Å². The number of hydrogen-bond donors (Lipinski definition) is 2. The number of nitrogens with one attached hydrogen (secondary N) is 2. The first-order chi connectivity index (χ1) is 12.1. The summed E-state index contributed by atoms with van der Waals surface area (Å²) >= 11 is 12.4. The van der Waals surface area contributed by atoms with E-state index in [9.17, 15) is 4.79 Å². The summed E-state index contributed by atoms with van der Waals surface area (Å²) in [5, 5.41) is 7.65. The first-order valence-electron chi connectivity index (χ1n) is 8.24. The minimum absolute atomic E-state index is 0. The highest BCUT2D eigenvalue weighted by Gasteiger charge is 2.22. The molecule has 0 aliphatic carbocycles. The number of rotatable bonds is 5. The average molecular weight is 416 g/mol. The molecule has 2 unspecified atom stereocenters. The van der Waals surface area contributed by atoms with Crippen LogP contribution >= 0.6 is 35.6 Å². The Morgan fingerprint density at radius 1 is 1.19 bits per heavy atom. The van der Waals surface area contributed by atoms with Crippen LogP contribution in [0.2, 0.25) is 10.0 Å². The van der Waals surface area contributed by atoms with E-state index in [0.29, 0.717) is 29.7 Å². The van der Waals surface area contributed by atoms with Gasteiger partial charge in [0.2, 0.25) is 5.91 Å². The first-order valence-corrected chi connectivity index (χ1v) is 8.99. The predicted octanol–water partition coefficient (Wildman–Crippen LogP) is 4.00. The Morgan fingerprint density at radius 3 is 2.58 bits per heavy atom. The van der Waals surface area contributed by atoms with Crippen molar-refractivity contribution in [2.24, 2.45) is 0 Å². The van der Waals surface area contributed by atoms with Crippen molar-refractivity contribution in [3.05, 3.63) is 69.7 Å². The number of morpholine rings is 1. The van der Waals surface area contributed by atoms with E-state index in [1.807, 2.05) is 48.5 Å². The third-order valence-corrected chi connectivity index (χ3v) is 4.75. The van der Waals surface area contributed by atoms with Gasteiger partial charge in [-0.05, 0) is 29.3 Å². The zero-order chi connectivity index (χ0) is 17.6. The van der Waals surface area contributed by atoms with Gasteiger partial charge in [-0.2, -0.15) is 0 Å². The van der Waals surface area contributed by atoms with Crippen molar-refractivity contribution in [2.75, 3.05) is 19.8 Å². The van der Waals surface area contributed by atoms with Gasteiger partial charge >= 0.3 is 0 Å². The monoisotopic (exact) mass is 414 g/mol. The van der Waals surface area contributed by atoms with Crippen molar-refractivity contribution in [3.63, 3.8) is 0 Å². The molecule has 26 heavy (non-hydrogen) atoms. The largest absolute Gasteiger partial charge is 0.378 e. The fourth-order valence-corrected chi connectivity index (χ4v) is 3.27. The predicted molar refractivity (Wildman–Crippen MR) is 107 cm³/mol. The Balaban J connectivity index is 0.00000243. The van der Waals surface area contributed by atoms with Crippen LogP contribution in [0.15, 0.2) is 48.5 Å². The summed E-state index contributed by atoms with van der Waals surface area (Å²) in [7, 11) is 0. The molecule has 0 aromatic heterocycles. The third-order valence-electron chi connectivity index (χ3n) is 4.16. The van der Waals surface area contributed by atoms with E-state index >= 15 is 0 Å². The van der Waals surface area contributed by atoms with Crippen molar-refractivity contribution in [2.45, 2.75) is 18.5 Å². The molecule has 3 rings (SSSR count). The third kappa shape index (κ3) is 5.60. The summed E-state index contributed by atoms with van der Waals surface area (Å²) in [6, 6.07) is 14.6. The molecule has 2 N–H and O–H groups in total. The number of carbonyl (C=O) groups is 1. The van der Waals surface area contributed by atoms with Crippen LogP contribution in [-0.4, -0.2) is 31.7 Å². The van der Waals surface area contributed by atoms with E-state index in [-0.39, 0.29) is 30.4 Å². The van der Waals surface area contributed by atoms with E-state index in [1.165, 1.54) is 0 Å². The van der Waals surface area contributed by atoms with Gasteiger partial charge in [-0.15, -0.1) is 12.4 Å². The molecule has 1 aliphatic heterocycles. The van der Waals surface area contributed by atoms with Gasteiger partial charge < -0.3 is 15.4 Å². The van der Waals surface area contributed by atoms with E-state index in [4.69, 9.17) is 27.9 Å². The Hall–Kier alpha value is -1.30. The van der Waals surface area contributed by atoms with Gasteiger partial charge in [0.1, 0.15) is 0 Å². The fraction of sp³-hybridized carbons (Fsp3) is 0.316. The number of benzene rings is 2. The van der Waals surface area contributed by atoms with Gasteiger partial charge in [-0.1, -0.05) is 53.5 Å². The molecule has 1 aliphatic rings. The highest BCUT2D eigenvalue weighted by molar-refractivity contribution is 6.31. The van der Waals surface area contributed by atoms with Crippen molar-refractivity contribution < 1.29 is 9.53 Å². The Kier molecular flexibility index (Phi) is 8.19. The first kappa shape index (κ1) is 21.0. The minimum atomic E-state index is -0.331. The maximum absolute atomic E-state index is 12.6. The van der Waals surface area contributed by atoms with E-state index in [0.717, 1.165) is 17.7 Å². The Morgan fingerprint density at radius 2 is 1.92 bits per heavy atom. The molecule has 1 heterocycles. The molecule has 0 spiro atoms. The summed E-state index contributed by atoms with van der Waals surface area (Å²) in [5.74, 6) is -0.0529. The SMILES string of the molecule is Cl.O=C(CC1COCCN1)NC(c1ccc(Cl)cc1)c1ccccc1Cl. The van der Waals surface area contributed by atoms with Gasteiger partial charge in [0.25, 0.3) is 0 Å². The molecule has 0 bridgehead atoms. The van der Waals surface area contributed by atoms with E-state index in [1.54, 1.807) is 0 Å². The van der Waals surface area contributed by atoms with Crippen LogP contribution in [0.4, 0.5) is 0 Å². The van der Waals surface area contributed by atoms with Crippen LogP contribution in [0.5, 0.6) is 0 Å². The highest BCUT2D eigenvalue weighted by Crippen LogP contribution is 2.29. The fourth-order valence-electron chi connectivity index (χ4n) is 2.90. The lowest BCUT2D eigenvalue weighted by Crippen LogP contribution is -2.44. The lowest BCUT2D eigenvalue weighted by Gasteiger charge is -2.25. The van der Waals surface area contributed by atoms with E-state index < -0.39 is 0 Å². The average Bonchev–Trinajstić information content (AvgIpc) is 2.62. The van der Waals surface area contributed by atoms with Crippen molar-refractivity contribution in [1.82, 2.24) is 10.6 Å². The lowest BCUT2D eigenvalue weighted by atomic mass is 9.98. The maximum atomic E-state index is 12.6. The van der Waals surface area contributed by atoms with Gasteiger partial charge in [0.05, 0.1) is 19.3 Å². The second kappa shape index (κ2) is 10.1. The van der Waals surface area contributed by atoms with Crippen LogP contribution in [0.25, 0.3) is 0 Å². The summed E-state index contributed by atoms with van der Waals surface area (Å²) < 4.78 is 5.41. The number of hydrogen-bond acceptors (Lipinski definition) is 3. The van der Waals surface area contributed by atoms with Crippen molar-refractivity contribution in [1.29, 1.82) is 0 Å². The summed E-state index contributed by atoms with van der Waals surface area (Å²) in [5.41, 5.74) is 1.78. The second-order valence-corrected chi connectivity index (χ2v) is 6.85. The summed E-state index contributed by atoms with van der Waals surface area (Å²) in [6.07, 6.45) is 0.356. The molecule has 4 nitrogen and oxygen atoms in total. The van der Waals surface area contributed by atoms with Gasteiger partial charge in [0, 0.05) is 29.1 Å². The molecular formula is C19H21Cl3N2O2. The number of amides is 1. The topological polar surface area (TPSA) is 50.4 Å². The Bertz CT molecular complexity index is 719. The van der Waals surface area contributed by atoms with Gasteiger partial charge in [-0.25, -0.2) is 0 Å². The molecule has 0 radical (unpaired) electrons. The quantitative estimate of drug-likeness (QED) is 0.776. The van der Waals surface area contributed by atoms with Crippen LogP contribution in [-0.2, 0) is 9.53 Å². The number of carbonyl (C=O) groups excluding carboxylic acids is 1. The summed E-state index contributed by atoms with van der Waals surface area (Å²) in [4.78, 5) is 12.6. The van der Waals surface area contributed by atoms with Crippen LogP contribution < -0.4 is 10.6 Å². The van der Waals surface area contributed by atoms with Gasteiger partial charge in [-0.3, -0.25) is 4.79 Å². The van der Waals surface area contributed by atoms with Crippen LogP contribution in [0, 0.1) is 0 Å². The standard InChI is InChI=1S/C19H20Cl2N2O2.ClH/c20-14-7-5-13(6-8-14)19(16-3-1-2-4-17(16)21)23-18(24)11-15-12-25-10-9-22-15;/h1-8,15,19,22H,9-12H2,(H,23,24);1H. The molecule has 1 fully saturated rings. The van der Waals surface area contributed by atoms with Crippen LogP contribution in [0.3, 0.4) is 0 Å². The molecule has 2 aromatic carbocycles. The molecule has 7 heteroatoms. The number of halogens is 3. The number of ether oxygens (including phenoxy) is 1.